The molecular formula is C29H29N5O5. The second kappa shape index (κ2) is 11.3. The molecule has 0 aliphatic heterocycles. The van der Waals surface area contributed by atoms with Crippen LogP contribution in [0.15, 0.2) is 67.1 Å². The smallest absolute Gasteiger partial charge is 0.162 e. The third-order valence-electron chi connectivity index (χ3n) is 6.19. The Labute approximate surface area is 225 Å². The van der Waals surface area contributed by atoms with Crippen molar-refractivity contribution in [2.75, 3.05) is 40.3 Å². The fraction of sp³-hybridized carbons (Fsp3) is 0.207. The minimum atomic E-state index is -0.361. The number of rotatable bonds is 10. The molecule has 0 spiro atoms. The predicted molar refractivity (Wildman–Crippen MR) is 150 cm³/mol. The maximum atomic E-state index is 6.35. The van der Waals surface area contributed by atoms with Crippen LogP contribution in [0.4, 0.5) is 5.82 Å². The topological polar surface area (TPSA) is 137 Å². The van der Waals surface area contributed by atoms with E-state index in [2.05, 4.69) is 15.0 Å². The third kappa shape index (κ3) is 5.55. The molecule has 1 atom stereocenters. The Balaban J connectivity index is 1.36. The molecule has 4 N–H and O–H groups in total. The molecule has 0 saturated heterocycles. The quantitative estimate of drug-likeness (QED) is 0.254. The molecule has 3 heterocycles. The van der Waals surface area contributed by atoms with Crippen LogP contribution < -0.4 is 35.2 Å². The van der Waals surface area contributed by atoms with Gasteiger partial charge in [-0.2, -0.15) is 0 Å². The zero-order valence-corrected chi connectivity index (χ0v) is 21.9. The molecule has 39 heavy (non-hydrogen) atoms. The number of fused-ring (bicyclic) bond motifs is 3. The number of aromatic nitrogens is 3. The molecule has 0 bridgehead atoms. The molecule has 5 aromatic rings. The number of methoxy groups -OCH3 is 3. The third-order valence-corrected chi connectivity index (χ3v) is 6.19. The number of hydrogen-bond acceptors (Lipinski definition) is 10. The van der Waals surface area contributed by atoms with E-state index in [9.17, 15) is 0 Å². The molecule has 3 aromatic heterocycles. The van der Waals surface area contributed by atoms with Crippen molar-refractivity contribution >= 4 is 27.5 Å². The van der Waals surface area contributed by atoms with Crippen molar-refractivity contribution in [1.29, 1.82) is 0 Å². The van der Waals surface area contributed by atoms with E-state index < -0.39 is 0 Å². The van der Waals surface area contributed by atoms with Gasteiger partial charge in [-0.15, -0.1) is 0 Å². The standard InChI is InChI=1S/C29H29N5O5/c1-35-19-5-4-6-20(8-19)38-15-18(30)16-39-21-7-17(12-32-13-21)25-9-22-23-10-27(36-2)28(37-3)11-26(23)33-14-24(22)29(31)34-25/h4-14,18H,15-16,30H2,1-3H3,(H2,31,34)/t18-/m0/s1. The first-order valence-corrected chi connectivity index (χ1v) is 12.2. The summed E-state index contributed by atoms with van der Waals surface area (Å²) in [5.41, 5.74) is 14.7. The van der Waals surface area contributed by atoms with Gasteiger partial charge in [0.15, 0.2) is 11.5 Å². The molecule has 0 aliphatic rings. The van der Waals surface area contributed by atoms with E-state index in [0.717, 1.165) is 27.2 Å². The van der Waals surface area contributed by atoms with E-state index >= 15 is 0 Å². The zero-order valence-electron chi connectivity index (χ0n) is 21.9. The average Bonchev–Trinajstić information content (AvgIpc) is 2.98. The largest absolute Gasteiger partial charge is 0.497 e. The Morgan fingerprint density at radius 1 is 0.744 bits per heavy atom. The Kier molecular flexibility index (Phi) is 7.46. The summed E-state index contributed by atoms with van der Waals surface area (Å²) in [5, 5.41) is 2.48. The Morgan fingerprint density at radius 2 is 1.49 bits per heavy atom. The summed E-state index contributed by atoms with van der Waals surface area (Å²) in [4.78, 5) is 13.5. The summed E-state index contributed by atoms with van der Waals surface area (Å²) < 4.78 is 27.8. The summed E-state index contributed by atoms with van der Waals surface area (Å²) >= 11 is 0. The van der Waals surface area contributed by atoms with Crippen molar-refractivity contribution in [3.05, 3.63) is 67.1 Å². The molecule has 200 valence electrons. The van der Waals surface area contributed by atoms with Crippen LogP contribution in [0.3, 0.4) is 0 Å². The SMILES string of the molecule is COc1cccc(OC[C@H](N)COc2cncc(-c3cc4c(cnc5cc(OC)c(OC)cc54)c(N)n3)c2)c1. The fourth-order valence-corrected chi connectivity index (χ4v) is 4.19. The number of benzene rings is 2. The lowest BCUT2D eigenvalue weighted by Crippen LogP contribution is -2.34. The highest BCUT2D eigenvalue weighted by Gasteiger charge is 2.14. The summed E-state index contributed by atoms with van der Waals surface area (Å²) in [7, 11) is 4.79. The number of pyridine rings is 3. The summed E-state index contributed by atoms with van der Waals surface area (Å²) in [5.74, 6) is 3.49. The van der Waals surface area contributed by atoms with Crippen molar-refractivity contribution in [2.45, 2.75) is 6.04 Å². The number of hydrogen-bond donors (Lipinski definition) is 2. The second-order valence-electron chi connectivity index (χ2n) is 8.81. The molecule has 5 rings (SSSR count). The maximum Gasteiger partial charge on any atom is 0.162 e. The van der Waals surface area contributed by atoms with Crippen LogP contribution >= 0.6 is 0 Å². The van der Waals surface area contributed by atoms with Crippen LogP contribution in [-0.4, -0.2) is 55.5 Å². The molecule has 2 aromatic carbocycles. The Hall–Kier alpha value is -4.83. The average molecular weight is 528 g/mol. The Morgan fingerprint density at radius 3 is 2.26 bits per heavy atom. The van der Waals surface area contributed by atoms with Crippen LogP contribution in [0.5, 0.6) is 28.7 Å². The lowest BCUT2D eigenvalue weighted by Gasteiger charge is -2.15. The molecule has 0 unspecified atom stereocenters. The molecule has 10 heteroatoms. The molecule has 0 fully saturated rings. The van der Waals surface area contributed by atoms with Crippen molar-refractivity contribution < 1.29 is 23.7 Å². The number of anilines is 1. The van der Waals surface area contributed by atoms with Gasteiger partial charge in [-0.25, -0.2) is 4.98 Å². The summed E-state index contributed by atoms with van der Waals surface area (Å²) in [6, 6.07) is 14.5. The first kappa shape index (κ1) is 25.8. The minimum Gasteiger partial charge on any atom is -0.497 e. The van der Waals surface area contributed by atoms with E-state index in [-0.39, 0.29) is 19.3 Å². The van der Waals surface area contributed by atoms with Crippen LogP contribution in [0.2, 0.25) is 0 Å². The van der Waals surface area contributed by atoms with E-state index in [4.69, 9.17) is 35.2 Å². The highest BCUT2D eigenvalue weighted by atomic mass is 16.5. The lowest BCUT2D eigenvalue weighted by atomic mass is 10.0. The molecule has 0 amide bonds. The molecule has 0 aliphatic carbocycles. The van der Waals surface area contributed by atoms with Crippen molar-refractivity contribution in [3.63, 3.8) is 0 Å². The van der Waals surface area contributed by atoms with Gasteiger partial charge in [-0.1, -0.05) is 6.07 Å². The second-order valence-corrected chi connectivity index (χ2v) is 8.81. The van der Waals surface area contributed by atoms with Gasteiger partial charge < -0.3 is 35.2 Å². The van der Waals surface area contributed by atoms with Gasteiger partial charge >= 0.3 is 0 Å². The van der Waals surface area contributed by atoms with Crippen molar-refractivity contribution in [3.8, 4) is 40.0 Å². The molecule has 0 radical (unpaired) electrons. The fourth-order valence-electron chi connectivity index (χ4n) is 4.19. The first-order valence-electron chi connectivity index (χ1n) is 12.2. The minimum absolute atomic E-state index is 0.236. The van der Waals surface area contributed by atoms with Gasteiger partial charge in [0.25, 0.3) is 0 Å². The normalized spacial score (nSPS) is 11.8. The van der Waals surface area contributed by atoms with Gasteiger partial charge in [-0.05, 0) is 35.7 Å². The van der Waals surface area contributed by atoms with E-state index in [0.29, 0.717) is 40.3 Å². The molecule has 0 saturated carbocycles. The van der Waals surface area contributed by atoms with Gasteiger partial charge in [0, 0.05) is 40.9 Å². The van der Waals surface area contributed by atoms with E-state index in [1.165, 1.54) is 0 Å². The summed E-state index contributed by atoms with van der Waals surface area (Å²) in [6.07, 6.45) is 5.04. The van der Waals surface area contributed by atoms with Gasteiger partial charge in [0.2, 0.25) is 0 Å². The van der Waals surface area contributed by atoms with Gasteiger partial charge in [0.05, 0.1) is 44.8 Å². The Bertz CT molecular complexity index is 1630. The van der Waals surface area contributed by atoms with Crippen LogP contribution in [-0.2, 0) is 0 Å². The molecular weight excluding hydrogens is 498 g/mol. The van der Waals surface area contributed by atoms with Crippen LogP contribution in [0.25, 0.3) is 32.9 Å². The first-order chi connectivity index (χ1) is 19.0. The predicted octanol–water partition coefficient (Wildman–Crippen LogP) is 4.24. The van der Waals surface area contributed by atoms with Gasteiger partial charge in [0.1, 0.15) is 36.3 Å². The molecule has 10 nitrogen and oxygen atoms in total. The lowest BCUT2D eigenvalue weighted by molar-refractivity contribution is 0.219. The highest BCUT2D eigenvalue weighted by Crippen LogP contribution is 2.37. The number of nitrogen functional groups attached to an aromatic ring is 1. The van der Waals surface area contributed by atoms with Gasteiger partial charge in [-0.3, -0.25) is 9.97 Å². The van der Waals surface area contributed by atoms with Crippen molar-refractivity contribution in [1.82, 2.24) is 15.0 Å². The van der Waals surface area contributed by atoms with E-state index in [1.807, 2.05) is 42.5 Å². The zero-order chi connectivity index (χ0) is 27.4. The monoisotopic (exact) mass is 527 g/mol. The summed E-state index contributed by atoms with van der Waals surface area (Å²) in [6.45, 7) is 0.513. The van der Waals surface area contributed by atoms with E-state index in [1.54, 1.807) is 46.0 Å². The van der Waals surface area contributed by atoms with Crippen molar-refractivity contribution in [2.24, 2.45) is 5.73 Å². The highest BCUT2D eigenvalue weighted by molar-refractivity contribution is 6.10. The maximum absolute atomic E-state index is 6.35. The number of nitrogens with two attached hydrogens (primary N) is 2. The van der Waals surface area contributed by atoms with Crippen LogP contribution in [0.1, 0.15) is 0 Å². The number of ether oxygens (including phenoxy) is 5. The number of nitrogens with zero attached hydrogens (tertiary/aromatic N) is 3. The van der Waals surface area contributed by atoms with Crippen LogP contribution in [0, 0.1) is 0 Å².